The smallest absolute Gasteiger partial charge is 0 e. The first-order chi connectivity index (χ1) is 9.93. The minimum atomic E-state index is 0. The molecule has 0 atom stereocenters. The van der Waals surface area contributed by atoms with Crippen LogP contribution < -0.4 is 0 Å². The molecule has 0 nitrogen and oxygen atoms in total. The molecule has 0 spiro atoms. The van der Waals surface area contributed by atoms with Crippen molar-refractivity contribution in [2.75, 3.05) is 0 Å². The third-order valence-corrected chi connectivity index (χ3v) is 5.08. The first-order valence-corrected chi connectivity index (χ1v) is 8.15. The summed E-state index contributed by atoms with van der Waals surface area (Å²) < 4.78 is 0. The molecule has 105 valence electrons. The molecule has 0 fully saturated rings. The SMILES string of the molecule is [B].c1cc2c(c(-c3cccc4c3CCCC4)c1)CCCC2. The fourth-order valence-corrected chi connectivity index (χ4v) is 4.07. The van der Waals surface area contributed by atoms with E-state index in [1.165, 1.54) is 62.5 Å². The Labute approximate surface area is 130 Å². The van der Waals surface area contributed by atoms with Gasteiger partial charge in [-0.25, -0.2) is 0 Å². The van der Waals surface area contributed by atoms with Crippen molar-refractivity contribution in [3.05, 3.63) is 58.7 Å². The second kappa shape index (κ2) is 6.09. The molecule has 21 heavy (non-hydrogen) atoms. The molecule has 0 aliphatic heterocycles. The highest BCUT2D eigenvalue weighted by molar-refractivity contribution is 5.75. The van der Waals surface area contributed by atoms with E-state index in [4.69, 9.17) is 0 Å². The van der Waals surface area contributed by atoms with Crippen LogP contribution in [0.3, 0.4) is 0 Å². The Bertz CT molecular complexity index is 585. The largest absolute Gasteiger partial charge is 0.0614 e. The highest BCUT2D eigenvalue weighted by Gasteiger charge is 2.18. The van der Waals surface area contributed by atoms with Gasteiger partial charge in [0.05, 0.1) is 0 Å². The Hall–Kier alpha value is -1.50. The monoisotopic (exact) mass is 273 g/mol. The summed E-state index contributed by atoms with van der Waals surface area (Å²) >= 11 is 0. The summed E-state index contributed by atoms with van der Waals surface area (Å²) in [7, 11) is 0. The van der Waals surface area contributed by atoms with Gasteiger partial charge in [0.15, 0.2) is 0 Å². The van der Waals surface area contributed by atoms with Crippen LogP contribution in [0.1, 0.15) is 47.9 Å². The van der Waals surface area contributed by atoms with Gasteiger partial charge in [-0.1, -0.05) is 36.4 Å². The van der Waals surface area contributed by atoms with E-state index in [0.29, 0.717) is 0 Å². The third-order valence-electron chi connectivity index (χ3n) is 5.08. The predicted octanol–water partition coefficient (Wildman–Crippen LogP) is 4.73. The van der Waals surface area contributed by atoms with Crippen molar-refractivity contribution in [3.63, 3.8) is 0 Å². The molecule has 0 aromatic heterocycles. The minimum Gasteiger partial charge on any atom is -0.0614 e. The normalized spacial score (nSPS) is 16.6. The number of aryl methyl sites for hydroxylation is 2. The van der Waals surface area contributed by atoms with Gasteiger partial charge in [0.1, 0.15) is 0 Å². The van der Waals surface area contributed by atoms with Gasteiger partial charge < -0.3 is 0 Å². The quantitative estimate of drug-likeness (QED) is 0.659. The van der Waals surface area contributed by atoms with Gasteiger partial charge in [0, 0.05) is 8.41 Å². The fourth-order valence-electron chi connectivity index (χ4n) is 4.07. The second-order valence-electron chi connectivity index (χ2n) is 6.30. The fraction of sp³-hybridized carbons (Fsp3) is 0.400. The minimum absolute atomic E-state index is 0. The molecule has 2 aromatic rings. The number of hydrogen-bond acceptors (Lipinski definition) is 0. The molecule has 0 unspecified atom stereocenters. The molecule has 0 N–H and O–H groups in total. The van der Waals surface area contributed by atoms with Crippen LogP contribution in [0.25, 0.3) is 11.1 Å². The zero-order valence-electron chi connectivity index (χ0n) is 12.7. The summed E-state index contributed by atoms with van der Waals surface area (Å²) in [6.45, 7) is 0. The lowest BCUT2D eigenvalue weighted by Gasteiger charge is -2.24. The first kappa shape index (κ1) is 14.4. The van der Waals surface area contributed by atoms with Crippen LogP contribution in [-0.4, -0.2) is 8.41 Å². The second-order valence-corrected chi connectivity index (χ2v) is 6.30. The maximum absolute atomic E-state index is 2.36. The summed E-state index contributed by atoms with van der Waals surface area (Å²) in [5, 5.41) is 0. The Morgan fingerprint density at radius 2 is 0.952 bits per heavy atom. The van der Waals surface area contributed by atoms with Crippen molar-refractivity contribution in [1.29, 1.82) is 0 Å². The molecule has 3 radical (unpaired) electrons. The van der Waals surface area contributed by atoms with E-state index in [1.807, 2.05) is 0 Å². The van der Waals surface area contributed by atoms with Crippen LogP contribution in [0, 0.1) is 0 Å². The third kappa shape index (κ3) is 2.55. The number of rotatable bonds is 1. The highest BCUT2D eigenvalue weighted by Crippen LogP contribution is 2.36. The Kier molecular flexibility index (Phi) is 4.19. The number of hydrogen-bond donors (Lipinski definition) is 0. The molecule has 0 amide bonds. The van der Waals surface area contributed by atoms with Crippen LogP contribution in [0.2, 0.25) is 0 Å². The Balaban J connectivity index is 0.00000132. The van der Waals surface area contributed by atoms with E-state index in [1.54, 1.807) is 22.3 Å². The Morgan fingerprint density at radius 3 is 1.43 bits per heavy atom. The van der Waals surface area contributed by atoms with Gasteiger partial charge in [-0.15, -0.1) is 0 Å². The number of fused-ring (bicyclic) bond motifs is 2. The maximum Gasteiger partial charge on any atom is 0 e. The van der Waals surface area contributed by atoms with Gasteiger partial charge in [-0.3, -0.25) is 0 Å². The van der Waals surface area contributed by atoms with Crippen molar-refractivity contribution in [3.8, 4) is 11.1 Å². The molecular formula is C20H22B. The van der Waals surface area contributed by atoms with E-state index >= 15 is 0 Å². The summed E-state index contributed by atoms with van der Waals surface area (Å²) in [5.41, 5.74) is 9.53. The standard InChI is InChI=1S/C20H22.B/c1-3-11-17-15(7-1)9-5-13-19(17)20-14-6-10-16-8-2-4-12-18(16)20;/h5-6,9-10,13-14H,1-4,7-8,11-12H2;. The maximum atomic E-state index is 2.36. The average molecular weight is 273 g/mol. The molecule has 1 heteroatoms. The lowest BCUT2D eigenvalue weighted by molar-refractivity contribution is 0.681. The molecule has 0 saturated carbocycles. The Morgan fingerprint density at radius 1 is 0.524 bits per heavy atom. The molecule has 2 aromatic carbocycles. The van der Waals surface area contributed by atoms with Gasteiger partial charge in [0.2, 0.25) is 0 Å². The van der Waals surface area contributed by atoms with Crippen LogP contribution in [0.4, 0.5) is 0 Å². The van der Waals surface area contributed by atoms with Crippen molar-refractivity contribution in [2.45, 2.75) is 51.4 Å². The summed E-state index contributed by atoms with van der Waals surface area (Å²) in [6, 6.07) is 13.9. The van der Waals surface area contributed by atoms with Crippen molar-refractivity contribution in [2.24, 2.45) is 0 Å². The predicted molar refractivity (Wildman–Crippen MR) is 90.9 cm³/mol. The van der Waals surface area contributed by atoms with Gasteiger partial charge in [0.25, 0.3) is 0 Å². The van der Waals surface area contributed by atoms with Crippen molar-refractivity contribution >= 4 is 8.41 Å². The molecule has 2 aliphatic carbocycles. The van der Waals surface area contributed by atoms with Gasteiger partial charge in [-0.2, -0.15) is 0 Å². The van der Waals surface area contributed by atoms with Crippen LogP contribution >= 0.6 is 0 Å². The van der Waals surface area contributed by atoms with E-state index in [9.17, 15) is 0 Å². The molecule has 4 rings (SSSR count). The molecule has 0 saturated heterocycles. The van der Waals surface area contributed by atoms with Gasteiger partial charge in [-0.05, 0) is 84.7 Å². The zero-order valence-corrected chi connectivity index (χ0v) is 12.7. The van der Waals surface area contributed by atoms with Crippen LogP contribution in [-0.2, 0) is 25.7 Å². The molecule has 2 aliphatic rings. The van der Waals surface area contributed by atoms with E-state index in [2.05, 4.69) is 36.4 Å². The van der Waals surface area contributed by atoms with Gasteiger partial charge >= 0.3 is 0 Å². The zero-order chi connectivity index (χ0) is 13.4. The first-order valence-electron chi connectivity index (χ1n) is 8.15. The van der Waals surface area contributed by atoms with E-state index in [0.717, 1.165) is 0 Å². The molecule has 0 bridgehead atoms. The number of benzene rings is 2. The highest BCUT2D eigenvalue weighted by atomic mass is 14.2. The summed E-state index contributed by atoms with van der Waals surface area (Å²) in [5.74, 6) is 0. The molecular weight excluding hydrogens is 251 g/mol. The average Bonchev–Trinajstić information content (AvgIpc) is 2.54. The van der Waals surface area contributed by atoms with E-state index in [-0.39, 0.29) is 8.41 Å². The topological polar surface area (TPSA) is 0 Å². The van der Waals surface area contributed by atoms with Crippen molar-refractivity contribution < 1.29 is 0 Å². The lowest BCUT2D eigenvalue weighted by atomic mass is 9.81. The van der Waals surface area contributed by atoms with Crippen LogP contribution in [0.15, 0.2) is 36.4 Å². The van der Waals surface area contributed by atoms with E-state index < -0.39 is 0 Å². The van der Waals surface area contributed by atoms with Crippen molar-refractivity contribution in [1.82, 2.24) is 0 Å². The summed E-state index contributed by atoms with van der Waals surface area (Å²) in [4.78, 5) is 0. The van der Waals surface area contributed by atoms with Crippen LogP contribution in [0.5, 0.6) is 0 Å². The molecule has 0 heterocycles. The lowest BCUT2D eigenvalue weighted by Crippen LogP contribution is -2.08. The summed E-state index contributed by atoms with van der Waals surface area (Å²) in [6.07, 6.45) is 10.5.